The fourth-order valence-electron chi connectivity index (χ4n) is 3.69. The van der Waals surface area contributed by atoms with Gasteiger partial charge in [0.25, 0.3) is 0 Å². The molecule has 0 bridgehead atoms. The van der Waals surface area contributed by atoms with Crippen LogP contribution < -0.4 is 0 Å². The third-order valence-electron chi connectivity index (χ3n) is 6.01. The Morgan fingerprint density at radius 3 is 1.78 bits per heavy atom. The van der Waals surface area contributed by atoms with E-state index in [1.807, 2.05) is 60.9 Å². The maximum atomic E-state index is 4.45. The Balaban J connectivity index is 0.000000210. The molecule has 0 aliphatic heterocycles. The third-order valence-corrected chi connectivity index (χ3v) is 6.01. The number of aryl methyl sites for hydroxylation is 2. The fraction of sp³-hybridized carbons (Fsp3) is 0.152. The molecule has 0 atom stereocenters. The van der Waals surface area contributed by atoms with Crippen molar-refractivity contribution in [2.75, 3.05) is 0 Å². The molecule has 0 fully saturated rings. The average Bonchev–Trinajstić information content (AvgIpc) is 2.92. The maximum Gasteiger partial charge on any atom is 0.0192 e. The van der Waals surface area contributed by atoms with Gasteiger partial charge in [0, 0.05) is 32.5 Å². The van der Waals surface area contributed by atoms with E-state index in [0.29, 0.717) is 5.92 Å². The van der Waals surface area contributed by atoms with Crippen LogP contribution in [0.5, 0.6) is 0 Å². The number of hydrogen-bond donors (Lipinski definition) is 0. The molecule has 0 N–H and O–H groups in total. The Hall–Kier alpha value is -3.39. The van der Waals surface area contributed by atoms with Crippen molar-refractivity contribution in [2.24, 2.45) is 0 Å². The van der Waals surface area contributed by atoms with Crippen LogP contribution in [0.3, 0.4) is 0 Å². The second kappa shape index (κ2) is 13.1. The maximum absolute atomic E-state index is 4.45. The molecule has 0 unspecified atom stereocenters. The van der Waals surface area contributed by atoms with Crippen LogP contribution in [0.4, 0.5) is 0 Å². The SMILES string of the molecule is CC(C)c1ccc(-c2ccnc(-c3[c-]cccc3)c2)cc1.Cc1cnc(-c2[c-]cccc2)cc1C.[Ir]. The second-order valence-corrected chi connectivity index (χ2v) is 8.91. The normalized spacial score (nSPS) is 10.2. The molecule has 0 saturated carbocycles. The molecule has 3 aromatic carbocycles. The zero-order chi connectivity index (χ0) is 24.6. The first kappa shape index (κ1) is 27.2. The number of aromatic nitrogens is 2. The number of benzene rings is 3. The van der Waals surface area contributed by atoms with Crippen molar-refractivity contribution in [1.82, 2.24) is 9.97 Å². The zero-order valence-corrected chi connectivity index (χ0v) is 23.5. The summed E-state index contributed by atoms with van der Waals surface area (Å²) in [6.07, 6.45) is 3.77. The Morgan fingerprint density at radius 1 is 0.639 bits per heavy atom. The first-order valence-electron chi connectivity index (χ1n) is 11.9. The van der Waals surface area contributed by atoms with Gasteiger partial charge < -0.3 is 9.97 Å². The Kier molecular flexibility index (Phi) is 9.87. The van der Waals surface area contributed by atoms with Gasteiger partial charge in [-0.05, 0) is 59.5 Å². The molecule has 0 aliphatic rings. The van der Waals surface area contributed by atoms with E-state index in [-0.39, 0.29) is 20.1 Å². The van der Waals surface area contributed by atoms with Crippen LogP contribution in [-0.2, 0) is 20.1 Å². The molecule has 5 rings (SSSR count). The molecule has 183 valence electrons. The predicted octanol–water partition coefficient (Wildman–Crippen LogP) is 8.50. The van der Waals surface area contributed by atoms with E-state index < -0.39 is 0 Å². The standard InChI is InChI=1S/C20H18N.C13H12N.Ir/c1-15(2)16-8-10-17(11-9-16)19-12-13-21-20(14-19)18-6-4-3-5-7-18;1-10-8-13(14-9-11(10)2)12-6-4-3-5-7-12;/h3-6,8-15H,1-2H3;3-6,8-9H,1-2H3;/q2*-1;. The van der Waals surface area contributed by atoms with E-state index in [4.69, 9.17) is 0 Å². The van der Waals surface area contributed by atoms with Gasteiger partial charge in [-0.15, -0.1) is 71.8 Å². The van der Waals surface area contributed by atoms with Gasteiger partial charge in [0.1, 0.15) is 0 Å². The fourth-order valence-corrected chi connectivity index (χ4v) is 3.69. The summed E-state index contributed by atoms with van der Waals surface area (Å²) in [4.78, 5) is 8.83. The van der Waals surface area contributed by atoms with E-state index in [1.165, 1.54) is 27.8 Å². The zero-order valence-electron chi connectivity index (χ0n) is 21.1. The van der Waals surface area contributed by atoms with E-state index in [0.717, 1.165) is 22.5 Å². The smallest absolute Gasteiger partial charge is 0.0192 e. The number of nitrogens with zero attached hydrogens (tertiary/aromatic N) is 2. The van der Waals surface area contributed by atoms with Crippen LogP contribution in [-0.4, -0.2) is 9.97 Å². The summed E-state index contributed by atoms with van der Waals surface area (Å²) in [6.45, 7) is 8.60. The van der Waals surface area contributed by atoms with Gasteiger partial charge in [-0.3, -0.25) is 0 Å². The van der Waals surface area contributed by atoms with Crippen LogP contribution in [0.2, 0.25) is 0 Å². The molecule has 36 heavy (non-hydrogen) atoms. The number of rotatable bonds is 4. The summed E-state index contributed by atoms with van der Waals surface area (Å²) in [5.41, 5.74) is 10.3. The van der Waals surface area contributed by atoms with Crippen molar-refractivity contribution in [3.05, 3.63) is 132 Å². The number of hydrogen-bond acceptors (Lipinski definition) is 2. The van der Waals surface area contributed by atoms with Crippen LogP contribution in [0.15, 0.2) is 103 Å². The molecule has 2 nitrogen and oxygen atoms in total. The summed E-state index contributed by atoms with van der Waals surface area (Å²) < 4.78 is 0. The van der Waals surface area contributed by atoms with Crippen molar-refractivity contribution in [2.45, 2.75) is 33.6 Å². The van der Waals surface area contributed by atoms with Crippen molar-refractivity contribution in [3.63, 3.8) is 0 Å². The summed E-state index contributed by atoms with van der Waals surface area (Å²) in [5.74, 6) is 0.561. The first-order valence-corrected chi connectivity index (χ1v) is 11.9. The third kappa shape index (κ3) is 7.07. The summed E-state index contributed by atoms with van der Waals surface area (Å²) in [6, 6.07) is 37.3. The van der Waals surface area contributed by atoms with E-state index in [2.05, 4.69) is 92.3 Å². The number of pyridine rings is 2. The Morgan fingerprint density at radius 2 is 1.25 bits per heavy atom. The first-order chi connectivity index (χ1) is 17.0. The van der Waals surface area contributed by atoms with Crippen LogP contribution in [0.1, 0.15) is 36.5 Å². The van der Waals surface area contributed by atoms with E-state index in [9.17, 15) is 0 Å². The Bertz CT molecular complexity index is 1360. The van der Waals surface area contributed by atoms with Gasteiger partial charge in [-0.2, -0.15) is 0 Å². The van der Waals surface area contributed by atoms with Gasteiger partial charge in [0.15, 0.2) is 0 Å². The average molecular weight is 647 g/mol. The monoisotopic (exact) mass is 647 g/mol. The van der Waals surface area contributed by atoms with Crippen LogP contribution in [0, 0.1) is 26.0 Å². The van der Waals surface area contributed by atoms with E-state index >= 15 is 0 Å². The quantitative estimate of drug-likeness (QED) is 0.183. The molecular formula is C33H30IrN2-2. The van der Waals surface area contributed by atoms with Crippen molar-refractivity contribution in [3.8, 4) is 33.6 Å². The van der Waals surface area contributed by atoms with Gasteiger partial charge in [0.2, 0.25) is 0 Å². The predicted molar refractivity (Wildman–Crippen MR) is 146 cm³/mol. The minimum atomic E-state index is 0. The van der Waals surface area contributed by atoms with Gasteiger partial charge in [-0.1, -0.05) is 55.8 Å². The molecule has 2 aromatic heterocycles. The second-order valence-electron chi connectivity index (χ2n) is 8.91. The van der Waals surface area contributed by atoms with Crippen molar-refractivity contribution < 1.29 is 20.1 Å². The molecule has 3 heteroatoms. The van der Waals surface area contributed by atoms with Gasteiger partial charge in [-0.25, -0.2) is 0 Å². The van der Waals surface area contributed by atoms with Crippen LogP contribution in [0.25, 0.3) is 33.6 Å². The molecule has 0 amide bonds. The van der Waals surface area contributed by atoms with Crippen LogP contribution >= 0.6 is 0 Å². The van der Waals surface area contributed by atoms with Gasteiger partial charge in [0.05, 0.1) is 0 Å². The summed E-state index contributed by atoms with van der Waals surface area (Å²) in [5, 5.41) is 0. The summed E-state index contributed by atoms with van der Waals surface area (Å²) in [7, 11) is 0. The Labute approximate surface area is 228 Å². The molecule has 0 spiro atoms. The molecule has 0 aliphatic carbocycles. The van der Waals surface area contributed by atoms with E-state index in [1.54, 1.807) is 0 Å². The minimum Gasteiger partial charge on any atom is -0.305 e. The van der Waals surface area contributed by atoms with Crippen molar-refractivity contribution in [1.29, 1.82) is 0 Å². The topological polar surface area (TPSA) is 25.8 Å². The largest absolute Gasteiger partial charge is 0.305 e. The minimum absolute atomic E-state index is 0. The molecule has 0 saturated heterocycles. The van der Waals surface area contributed by atoms with Crippen molar-refractivity contribution >= 4 is 0 Å². The molecule has 5 aromatic rings. The molecule has 2 heterocycles. The molecule has 1 radical (unpaired) electrons. The van der Waals surface area contributed by atoms with Gasteiger partial charge >= 0.3 is 0 Å². The molecular weight excluding hydrogens is 617 g/mol. The summed E-state index contributed by atoms with van der Waals surface area (Å²) >= 11 is 0.